The van der Waals surface area contributed by atoms with Crippen LogP contribution in [0.5, 0.6) is 0 Å². The average Bonchev–Trinajstić information content (AvgIpc) is 3.43. The summed E-state index contributed by atoms with van der Waals surface area (Å²) < 4.78 is 6.75. The lowest BCUT2D eigenvalue weighted by Gasteiger charge is -2.43. The van der Waals surface area contributed by atoms with E-state index in [-0.39, 0.29) is 24.3 Å². The van der Waals surface area contributed by atoms with Gasteiger partial charge in [-0.2, -0.15) is 0 Å². The molecule has 3 heterocycles. The number of fused-ring (bicyclic) bond motifs is 1. The summed E-state index contributed by atoms with van der Waals surface area (Å²) >= 11 is 0. The minimum Gasteiger partial charge on any atom is -0.394 e. The summed E-state index contributed by atoms with van der Waals surface area (Å²) in [6.07, 6.45) is 4.34. The molecule has 1 spiro atoms. The Labute approximate surface area is 225 Å². The van der Waals surface area contributed by atoms with E-state index in [2.05, 4.69) is 13.2 Å². The molecular weight excluding hydrogens is 482 g/mol. The van der Waals surface area contributed by atoms with E-state index in [1.54, 1.807) is 29.0 Å². The molecule has 1 aromatic carbocycles. The van der Waals surface area contributed by atoms with Crippen LogP contribution in [0.1, 0.15) is 52.1 Å². The summed E-state index contributed by atoms with van der Waals surface area (Å²) in [7, 11) is 1.69. The molecule has 2 unspecified atom stereocenters. The first-order chi connectivity index (χ1) is 17.9. The molecule has 3 aliphatic heterocycles. The monoisotopic (exact) mass is 523 g/mol. The second-order valence-corrected chi connectivity index (χ2v) is 12.0. The molecule has 3 aliphatic rings. The third kappa shape index (κ3) is 4.18. The molecule has 2 bridgehead atoms. The van der Waals surface area contributed by atoms with Gasteiger partial charge in [-0.3, -0.25) is 14.4 Å². The number of ether oxygens (including phenoxy) is 1. The van der Waals surface area contributed by atoms with Crippen molar-refractivity contribution in [3.63, 3.8) is 0 Å². The van der Waals surface area contributed by atoms with E-state index in [4.69, 9.17) is 4.74 Å². The smallest absolute Gasteiger partial charge is 0.249 e. The van der Waals surface area contributed by atoms with Crippen LogP contribution < -0.4 is 0 Å². The van der Waals surface area contributed by atoms with Gasteiger partial charge < -0.3 is 24.5 Å². The number of carbonyl (C=O) groups excluding carboxylic acids is 3. The standard InChI is InChI=1S/C30H41N3O5/c1-8-17-31(7)25(35)22-23-26(36)33(21(19-34)20-13-11-10-12-14-20)24(30(23)16-15-29(22,6)38-30)27(37)32(18-9-2)28(3,4)5/h8-14,21-24,34H,1-2,15-19H2,3-7H3/t21-,22-,23+,24?,29+,30?/m1/s1. The number of carbonyl (C=O) groups is 3. The maximum Gasteiger partial charge on any atom is 0.249 e. The van der Waals surface area contributed by atoms with Crippen molar-refractivity contribution in [3.8, 4) is 0 Å². The Hall–Kier alpha value is -2.97. The van der Waals surface area contributed by atoms with Crippen molar-refractivity contribution >= 4 is 17.7 Å². The van der Waals surface area contributed by atoms with Crippen molar-refractivity contribution in [1.29, 1.82) is 0 Å². The highest BCUT2D eigenvalue weighted by atomic mass is 16.5. The third-order valence-corrected chi connectivity index (χ3v) is 8.57. The maximum atomic E-state index is 14.5. The fourth-order valence-corrected chi connectivity index (χ4v) is 6.88. The van der Waals surface area contributed by atoms with Crippen LogP contribution in [-0.4, -0.2) is 87.1 Å². The molecule has 0 aromatic heterocycles. The van der Waals surface area contributed by atoms with Crippen LogP contribution in [0.4, 0.5) is 0 Å². The Bertz CT molecular complexity index is 1110. The molecule has 0 saturated carbocycles. The molecular formula is C30H41N3O5. The van der Waals surface area contributed by atoms with E-state index in [9.17, 15) is 19.5 Å². The highest BCUT2D eigenvalue weighted by Crippen LogP contribution is 2.64. The minimum absolute atomic E-state index is 0.195. The van der Waals surface area contributed by atoms with E-state index < -0.39 is 40.7 Å². The number of likely N-dealkylation sites (N-methyl/N-ethyl adjacent to an activating group) is 1. The number of hydrogen-bond donors (Lipinski definition) is 1. The molecule has 38 heavy (non-hydrogen) atoms. The largest absolute Gasteiger partial charge is 0.394 e. The van der Waals surface area contributed by atoms with Gasteiger partial charge in [0.25, 0.3) is 0 Å². The van der Waals surface area contributed by atoms with E-state index in [1.165, 1.54) is 4.90 Å². The quantitative estimate of drug-likeness (QED) is 0.503. The van der Waals surface area contributed by atoms with Gasteiger partial charge in [-0.05, 0) is 46.1 Å². The second-order valence-electron chi connectivity index (χ2n) is 12.0. The first-order valence-electron chi connectivity index (χ1n) is 13.3. The number of benzene rings is 1. The molecule has 3 saturated heterocycles. The van der Waals surface area contributed by atoms with Gasteiger partial charge in [-0.15, -0.1) is 13.2 Å². The average molecular weight is 524 g/mol. The zero-order valence-electron chi connectivity index (χ0n) is 23.2. The number of aliphatic hydroxyl groups is 1. The number of aliphatic hydroxyl groups excluding tert-OH is 1. The second kappa shape index (κ2) is 9.97. The number of amides is 3. The predicted octanol–water partition coefficient (Wildman–Crippen LogP) is 2.94. The first-order valence-corrected chi connectivity index (χ1v) is 13.3. The van der Waals surface area contributed by atoms with E-state index in [0.717, 1.165) is 5.56 Å². The fraction of sp³-hybridized carbons (Fsp3) is 0.567. The zero-order valence-corrected chi connectivity index (χ0v) is 23.2. The maximum absolute atomic E-state index is 14.5. The van der Waals surface area contributed by atoms with Gasteiger partial charge in [-0.1, -0.05) is 42.5 Å². The van der Waals surface area contributed by atoms with Crippen molar-refractivity contribution in [2.75, 3.05) is 26.7 Å². The molecule has 206 valence electrons. The molecule has 0 aliphatic carbocycles. The van der Waals surface area contributed by atoms with Crippen molar-refractivity contribution in [1.82, 2.24) is 14.7 Å². The van der Waals surface area contributed by atoms with Crippen LogP contribution in [0, 0.1) is 11.8 Å². The molecule has 3 fully saturated rings. The van der Waals surface area contributed by atoms with Crippen LogP contribution in [0.2, 0.25) is 0 Å². The SMILES string of the molecule is C=CCN(C)C(=O)[C@H]1[C@H]2C(=O)N([C@H](CO)c3ccccc3)C(C(=O)N(CC=C)C(C)(C)C)C23CC[C@]1(C)O3. The van der Waals surface area contributed by atoms with E-state index >= 15 is 0 Å². The highest BCUT2D eigenvalue weighted by Gasteiger charge is 2.79. The molecule has 6 atom stereocenters. The summed E-state index contributed by atoms with van der Waals surface area (Å²) in [6, 6.07) is 7.46. The van der Waals surface area contributed by atoms with Crippen molar-refractivity contribution in [2.45, 2.75) is 69.4 Å². The van der Waals surface area contributed by atoms with Crippen molar-refractivity contribution < 1.29 is 24.2 Å². The van der Waals surface area contributed by atoms with E-state index in [0.29, 0.717) is 25.9 Å². The molecule has 8 heteroatoms. The van der Waals surface area contributed by atoms with Crippen LogP contribution in [-0.2, 0) is 19.1 Å². The lowest BCUT2D eigenvalue weighted by Crippen LogP contribution is -2.60. The van der Waals surface area contributed by atoms with Crippen LogP contribution in [0.3, 0.4) is 0 Å². The Morgan fingerprint density at radius 3 is 2.34 bits per heavy atom. The van der Waals surface area contributed by atoms with E-state index in [1.807, 2.05) is 58.0 Å². The number of rotatable bonds is 9. The highest BCUT2D eigenvalue weighted by molar-refractivity contribution is 5.99. The normalized spacial score (nSPS) is 30.6. The molecule has 0 radical (unpaired) electrons. The summed E-state index contributed by atoms with van der Waals surface area (Å²) in [5, 5.41) is 10.6. The van der Waals surface area contributed by atoms with Crippen LogP contribution in [0.25, 0.3) is 0 Å². The van der Waals surface area contributed by atoms with Crippen molar-refractivity contribution in [2.24, 2.45) is 11.8 Å². The van der Waals surface area contributed by atoms with Crippen LogP contribution >= 0.6 is 0 Å². The Morgan fingerprint density at radius 2 is 1.79 bits per heavy atom. The van der Waals surface area contributed by atoms with Crippen molar-refractivity contribution in [3.05, 3.63) is 61.2 Å². The Kier molecular flexibility index (Phi) is 7.36. The first kappa shape index (κ1) is 28.0. The van der Waals surface area contributed by atoms with Crippen LogP contribution in [0.15, 0.2) is 55.6 Å². The van der Waals surface area contributed by atoms with Gasteiger partial charge in [0.05, 0.1) is 30.1 Å². The lowest BCUT2D eigenvalue weighted by molar-refractivity contribution is -0.159. The topological polar surface area (TPSA) is 90.4 Å². The van der Waals surface area contributed by atoms with Gasteiger partial charge in [0.2, 0.25) is 17.7 Å². The van der Waals surface area contributed by atoms with Gasteiger partial charge in [0, 0.05) is 25.7 Å². The summed E-state index contributed by atoms with van der Waals surface area (Å²) in [4.78, 5) is 47.6. The predicted molar refractivity (Wildman–Crippen MR) is 145 cm³/mol. The molecule has 1 N–H and O–H groups in total. The molecule has 3 amide bonds. The summed E-state index contributed by atoms with van der Waals surface area (Å²) in [5.41, 5.74) is -1.89. The number of hydrogen-bond acceptors (Lipinski definition) is 5. The third-order valence-electron chi connectivity index (χ3n) is 8.57. The molecule has 1 aromatic rings. The van der Waals surface area contributed by atoms with Gasteiger partial charge >= 0.3 is 0 Å². The number of likely N-dealkylation sites (tertiary alicyclic amines) is 1. The zero-order chi connectivity index (χ0) is 28.0. The Morgan fingerprint density at radius 1 is 1.16 bits per heavy atom. The fourth-order valence-electron chi connectivity index (χ4n) is 6.88. The summed E-state index contributed by atoms with van der Waals surface area (Å²) in [5.74, 6) is -2.36. The van der Waals surface area contributed by atoms with Gasteiger partial charge in [0.1, 0.15) is 11.6 Å². The minimum atomic E-state index is -1.18. The molecule has 8 nitrogen and oxygen atoms in total. The Balaban J connectivity index is 1.89. The van der Waals surface area contributed by atoms with Gasteiger partial charge in [-0.25, -0.2) is 0 Å². The van der Waals surface area contributed by atoms with Gasteiger partial charge in [0.15, 0.2) is 0 Å². The summed E-state index contributed by atoms with van der Waals surface area (Å²) in [6.45, 7) is 15.6. The molecule has 4 rings (SSSR count). The number of nitrogens with zero attached hydrogens (tertiary/aromatic N) is 3. The lowest BCUT2D eigenvalue weighted by atomic mass is 9.66.